The zero-order valence-electron chi connectivity index (χ0n) is 10.9. The Morgan fingerprint density at radius 3 is 2.71 bits per heavy atom. The van der Waals surface area contributed by atoms with Crippen LogP contribution in [0.25, 0.3) is 0 Å². The van der Waals surface area contributed by atoms with Crippen LogP contribution in [0.1, 0.15) is 45.4 Å². The molecule has 0 unspecified atom stereocenters. The zero-order chi connectivity index (χ0) is 12.5. The van der Waals surface area contributed by atoms with Gasteiger partial charge in [0.05, 0.1) is 6.04 Å². The summed E-state index contributed by atoms with van der Waals surface area (Å²) in [5, 5.41) is 4.34. The molecule has 1 rings (SSSR count). The van der Waals surface area contributed by atoms with Gasteiger partial charge in [0, 0.05) is 11.4 Å². The van der Waals surface area contributed by atoms with Gasteiger partial charge in [0.2, 0.25) is 0 Å². The standard InChI is InChI=1S/C14H24N2S/c1-4-11-17-14(15-12(3)5-2)16-13-9-7-6-8-10-13/h4,13H,1,3,5-11H2,2H3,(H,15,16). The van der Waals surface area contributed by atoms with Gasteiger partial charge in [0.1, 0.15) is 0 Å². The SMILES string of the molecule is C=CCSC(=NC1CCCCC1)NC(=C)CC. The largest absolute Gasteiger partial charge is 0.339 e. The van der Waals surface area contributed by atoms with Crippen molar-refractivity contribution in [1.29, 1.82) is 0 Å². The number of allylic oxidation sites excluding steroid dienone is 1. The van der Waals surface area contributed by atoms with E-state index in [0.29, 0.717) is 6.04 Å². The molecule has 17 heavy (non-hydrogen) atoms. The summed E-state index contributed by atoms with van der Waals surface area (Å²) in [5.74, 6) is 0.898. The van der Waals surface area contributed by atoms with Crippen molar-refractivity contribution >= 4 is 16.9 Å². The minimum absolute atomic E-state index is 0.508. The average Bonchev–Trinajstić information content (AvgIpc) is 2.37. The molecule has 1 N–H and O–H groups in total. The van der Waals surface area contributed by atoms with Gasteiger partial charge >= 0.3 is 0 Å². The highest BCUT2D eigenvalue weighted by molar-refractivity contribution is 8.13. The predicted octanol–water partition coefficient (Wildman–Crippen LogP) is 4.11. The molecule has 0 atom stereocenters. The highest BCUT2D eigenvalue weighted by Gasteiger charge is 2.13. The lowest BCUT2D eigenvalue weighted by atomic mass is 9.96. The Balaban J connectivity index is 2.55. The third-order valence-electron chi connectivity index (χ3n) is 2.92. The maximum Gasteiger partial charge on any atom is 0.161 e. The predicted molar refractivity (Wildman–Crippen MR) is 79.5 cm³/mol. The van der Waals surface area contributed by atoms with Gasteiger partial charge in [-0.2, -0.15) is 0 Å². The zero-order valence-corrected chi connectivity index (χ0v) is 11.7. The molecular formula is C14H24N2S. The van der Waals surface area contributed by atoms with Crippen LogP contribution in [0.3, 0.4) is 0 Å². The van der Waals surface area contributed by atoms with E-state index in [1.165, 1.54) is 32.1 Å². The van der Waals surface area contributed by atoms with Gasteiger partial charge in [-0.3, -0.25) is 4.99 Å². The van der Waals surface area contributed by atoms with Crippen LogP contribution >= 0.6 is 11.8 Å². The monoisotopic (exact) mass is 252 g/mol. The molecule has 0 heterocycles. The van der Waals surface area contributed by atoms with Crippen LogP contribution in [0.15, 0.2) is 29.9 Å². The number of amidine groups is 1. The molecule has 0 aromatic rings. The van der Waals surface area contributed by atoms with E-state index in [9.17, 15) is 0 Å². The molecule has 0 saturated heterocycles. The smallest absolute Gasteiger partial charge is 0.161 e. The summed E-state index contributed by atoms with van der Waals surface area (Å²) in [5.41, 5.74) is 1.04. The van der Waals surface area contributed by atoms with Crippen LogP contribution in [-0.2, 0) is 0 Å². The number of hydrogen-bond acceptors (Lipinski definition) is 2. The normalized spacial score (nSPS) is 17.8. The number of aliphatic imine (C=N–C) groups is 1. The molecular weight excluding hydrogens is 228 g/mol. The lowest BCUT2D eigenvalue weighted by Gasteiger charge is -2.19. The van der Waals surface area contributed by atoms with Crippen molar-refractivity contribution in [3.8, 4) is 0 Å². The van der Waals surface area contributed by atoms with Crippen LogP contribution in [0.4, 0.5) is 0 Å². The molecule has 1 saturated carbocycles. The summed E-state index contributed by atoms with van der Waals surface area (Å²) in [6.07, 6.45) is 9.34. The van der Waals surface area contributed by atoms with Crippen LogP contribution in [-0.4, -0.2) is 17.0 Å². The fourth-order valence-electron chi connectivity index (χ4n) is 1.86. The Morgan fingerprint density at radius 2 is 2.12 bits per heavy atom. The molecule has 1 aliphatic carbocycles. The topological polar surface area (TPSA) is 24.4 Å². The van der Waals surface area contributed by atoms with E-state index in [-0.39, 0.29) is 0 Å². The summed E-state index contributed by atoms with van der Waals surface area (Å²) in [4.78, 5) is 4.82. The molecule has 1 aliphatic rings. The maximum absolute atomic E-state index is 4.82. The Bertz CT molecular complexity index is 278. The van der Waals surface area contributed by atoms with Crippen molar-refractivity contribution in [3.05, 3.63) is 24.9 Å². The Hall–Kier alpha value is -0.700. The first-order valence-electron chi connectivity index (χ1n) is 6.52. The number of thioether (sulfide) groups is 1. The minimum atomic E-state index is 0.508. The molecule has 0 bridgehead atoms. The Kier molecular flexibility index (Phi) is 7.10. The van der Waals surface area contributed by atoms with E-state index < -0.39 is 0 Å². The second-order valence-corrected chi connectivity index (χ2v) is 5.42. The second kappa shape index (κ2) is 8.40. The fourth-order valence-corrected chi connectivity index (χ4v) is 2.57. The van der Waals surface area contributed by atoms with Gasteiger partial charge < -0.3 is 5.32 Å². The van der Waals surface area contributed by atoms with E-state index in [2.05, 4.69) is 25.4 Å². The number of rotatable bonds is 5. The first-order chi connectivity index (χ1) is 8.26. The van der Waals surface area contributed by atoms with E-state index >= 15 is 0 Å². The third-order valence-corrected chi connectivity index (χ3v) is 3.81. The quantitative estimate of drug-likeness (QED) is 0.452. The summed E-state index contributed by atoms with van der Waals surface area (Å²) in [7, 11) is 0. The summed E-state index contributed by atoms with van der Waals surface area (Å²) < 4.78 is 0. The number of nitrogens with one attached hydrogen (secondary N) is 1. The summed E-state index contributed by atoms with van der Waals surface area (Å²) >= 11 is 1.72. The van der Waals surface area contributed by atoms with Crippen LogP contribution in [0.2, 0.25) is 0 Å². The van der Waals surface area contributed by atoms with Crippen LogP contribution in [0.5, 0.6) is 0 Å². The van der Waals surface area contributed by atoms with Gasteiger partial charge in [-0.1, -0.05) is 50.6 Å². The van der Waals surface area contributed by atoms with Crippen molar-refractivity contribution in [2.45, 2.75) is 51.5 Å². The van der Waals surface area contributed by atoms with E-state index in [1.54, 1.807) is 11.8 Å². The van der Waals surface area contributed by atoms with Crippen molar-refractivity contribution in [1.82, 2.24) is 5.32 Å². The molecule has 2 nitrogen and oxygen atoms in total. The van der Waals surface area contributed by atoms with Crippen LogP contribution in [0, 0.1) is 0 Å². The van der Waals surface area contributed by atoms with E-state index in [4.69, 9.17) is 4.99 Å². The Labute approximate surface area is 110 Å². The Morgan fingerprint density at radius 1 is 1.41 bits per heavy atom. The number of hydrogen-bond donors (Lipinski definition) is 1. The first kappa shape index (κ1) is 14.4. The lowest BCUT2D eigenvalue weighted by molar-refractivity contribution is 0.443. The molecule has 0 aliphatic heterocycles. The third kappa shape index (κ3) is 5.97. The van der Waals surface area contributed by atoms with Crippen molar-refractivity contribution < 1.29 is 0 Å². The van der Waals surface area contributed by atoms with E-state index in [1.807, 2.05) is 6.08 Å². The van der Waals surface area contributed by atoms with Gasteiger partial charge in [0.15, 0.2) is 5.17 Å². The highest BCUT2D eigenvalue weighted by atomic mass is 32.2. The van der Waals surface area contributed by atoms with Gasteiger partial charge in [-0.15, -0.1) is 6.58 Å². The fraction of sp³-hybridized carbons (Fsp3) is 0.643. The van der Waals surface area contributed by atoms with Gasteiger partial charge in [0.25, 0.3) is 0 Å². The maximum atomic E-state index is 4.82. The molecule has 3 heteroatoms. The highest BCUT2D eigenvalue weighted by Crippen LogP contribution is 2.21. The number of nitrogens with zero attached hydrogens (tertiary/aromatic N) is 1. The molecule has 0 radical (unpaired) electrons. The molecule has 0 amide bonds. The molecule has 0 aromatic carbocycles. The lowest BCUT2D eigenvalue weighted by Crippen LogP contribution is -2.22. The molecule has 0 spiro atoms. The summed E-state index contributed by atoms with van der Waals surface area (Å²) in [6, 6.07) is 0.508. The molecule has 1 fully saturated rings. The van der Waals surface area contributed by atoms with E-state index in [0.717, 1.165) is 23.0 Å². The van der Waals surface area contributed by atoms with Gasteiger partial charge in [-0.25, -0.2) is 0 Å². The molecule has 0 aromatic heterocycles. The second-order valence-electron chi connectivity index (χ2n) is 4.41. The summed E-state index contributed by atoms with van der Waals surface area (Å²) in [6.45, 7) is 9.84. The first-order valence-corrected chi connectivity index (χ1v) is 7.51. The van der Waals surface area contributed by atoms with Crippen LogP contribution < -0.4 is 5.32 Å². The van der Waals surface area contributed by atoms with Crippen molar-refractivity contribution in [3.63, 3.8) is 0 Å². The molecule has 96 valence electrons. The van der Waals surface area contributed by atoms with Crippen molar-refractivity contribution in [2.75, 3.05) is 5.75 Å². The van der Waals surface area contributed by atoms with Crippen molar-refractivity contribution in [2.24, 2.45) is 4.99 Å². The van der Waals surface area contributed by atoms with Gasteiger partial charge in [-0.05, 0) is 19.3 Å². The average molecular weight is 252 g/mol. The minimum Gasteiger partial charge on any atom is -0.339 e.